The standard InChI is InChI=1S/C24H52Si2/c1-25(2)23-21-19-17-15-13-11-9-7-5-6-8-10-12-14-16-18-20-22-24-26(3)4/h5-24H2,1-4H3. The molecule has 0 N–H and O–H groups in total. The third kappa shape index (κ3) is 24.4. The van der Waals surface area contributed by atoms with Gasteiger partial charge in [-0.05, 0) is 0 Å². The highest BCUT2D eigenvalue weighted by Gasteiger charge is 1.98. The maximum absolute atomic E-state index is 2.45. The molecule has 0 fully saturated rings. The van der Waals surface area contributed by atoms with Crippen LogP contribution in [-0.2, 0) is 0 Å². The third-order valence-electron chi connectivity index (χ3n) is 5.60. The summed E-state index contributed by atoms with van der Waals surface area (Å²) in [6, 6.07) is 3.06. The summed E-state index contributed by atoms with van der Waals surface area (Å²) in [6.45, 7) is 9.78. The minimum Gasteiger partial charge on any atom is -0.0713 e. The number of unbranched alkanes of at least 4 members (excludes halogenated alkanes) is 17. The zero-order chi connectivity index (χ0) is 19.3. The Kier molecular flexibility index (Phi) is 22.1. The number of rotatable bonds is 21. The van der Waals surface area contributed by atoms with Gasteiger partial charge in [-0.15, -0.1) is 0 Å². The summed E-state index contributed by atoms with van der Waals surface area (Å²) in [6.07, 6.45) is 26.9. The molecule has 0 aliphatic rings. The van der Waals surface area contributed by atoms with Gasteiger partial charge < -0.3 is 0 Å². The van der Waals surface area contributed by atoms with E-state index < -0.39 is 0 Å². The van der Waals surface area contributed by atoms with Gasteiger partial charge in [0.1, 0.15) is 0 Å². The molecule has 0 aromatic carbocycles. The van der Waals surface area contributed by atoms with Crippen molar-refractivity contribution in [3.05, 3.63) is 0 Å². The quantitative estimate of drug-likeness (QED) is 0.134. The van der Waals surface area contributed by atoms with E-state index in [1.165, 1.54) is 128 Å². The molecule has 26 heavy (non-hydrogen) atoms. The van der Waals surface area contributed by atoms with Crippen LogP contribution in [0.4, 0.5) is 0 Å². The van der Waals surface area contributed by atoms with Crippen molar-refractivity contribution in [1.82, 2.24) is 0 Å². The van der Waals surface area contributed by atoms with Crippen LogP contribution >= 0.6 is 0 Å². The third-order valence-corrected chi connectivity index (χ3v) is 8.31. The molecule has 0 nitrogen and oxygen atoms in total. The molecule has 0 bridgehead atoms. The van der Waals surface area contributed by atoms with Crippen LogP contribution in [0.25, 0.3) is 0 Å². The van der Waals surface area contributed by atoms with Crippen molar-refractivity contribution >= 4 is 17.6 Å². The van der Waals surface area contributed by atoms with Crippen LogP contribution in [0.3, 0.4) is 0 Å². The number of hydrogen-bond donors (Lipinski definition) is 0. The van der Waals surface area contributed by atoms with E-state index in [0.717, 1.165) is 0 Å². The molecule has 0 saturated carbocycles. The zero-order valence-corrected chi connectivity index (χ0v) is 21.1. The fraction of sp³-hybridized carbons (Fsp3) is 1.00. The first-order valence-electron chi connectivity index (χ1n) is 12.2. The van der Waals surface area contributed by atoms with E-state index >= 15 is 0 Å². The molecule has 2 radical (unpaired) electrons. The molecular weight excluding hydrogens is 344 g/mol. The minimum absolute atomic E-state index is 0.0413. The van der Waals surface area contributed by atoms with Crippen LogP contribution in [-0.4, -0.2) is 17.6 Å². The molecular formula is C24H52Si2. The van der Waals surface area contributed by atoms with Gasteiger partial charge in [0.2, 0.25) is 0 Å². The Labute approximate surface area is 171 Å². The maximum Gasteiger partial charge on any atom is 0.0412 e. The van der Waals surface area contributed by atoms with Gasteiger partial charge in [0.05, 0.1) is 0 Å². The lowest BCUT2D eigenvalue weighted by Gasteiger charge is -2.05. The molecule has 156 valence electrons. The summed E-state index contributed by atoms with van der Waals surface area (Å²) in [7, 11) is 0.0826. The van der Waals surface area contributed by atoms with Crippen molar-refractivity contribution in [1.29, 1.82) is 0 Å². The van der Waals surface area contributed by atoms with Gasteiger partial charge >= 0.3 is 0 Å². The lowest BCUT2D eigenvalue weighted by Crippen LogP contribution is -1.97. The summed E-state index contributed by atoms with van der Waals surface area (Å²) in [4.78, 5) is 0. The van der Waals surface area contributed by atoms with Crippen LogP contribution < -0.4 is 0 Å². The molecule has 0 aromatic heterocycles. The maximum atomic E-state index is 2.45. The van der Waals surface area contributed by atoms with Crippen LogP contribution in [0.2, 0.25) is 38.3 Å². The molecule has 0 heterocycles. The molecule has 0 spiro atoms. The highest BCUT2D eigenvalue weighted by Crippen LogP contribution is 2.15. The van der Waals surface area contributed by atoms with Crippen molar-refractivity contribution < 1.29 is 0 Å². The van der Waals surface area contributed by atoms with E-state index in [9.17, 15) is 0 Å². The fourth-order valence-corrected chi connectivity index (χ4v) is 5.70. The first kappa shape index (κ1) is 26.4. The van der Waals surface area contributed by atoms with Crippen LogP contribution in [0.1, 0.15) is 116 Å². The van der Waals surface area contributed by atoms with Crippen LogP contribution in [0, 0.1) is 0 Å². The zero-order valence-electron chi connectivity index (χ0n) is 19.1. The average Bonchev–Trinajstić information content (AvgIpc) is 2.59. The lowest BCUT2D eigenvalue weighted by atomic mass is 10.0. The Morgan fingerprint density at radius 3 is 0.577 bits per heavy atom. The smallest absolute Gasteiger partial charge is 0.0412 e. The van der Waals surface area contributed by atoms with E-state index in [0.29, 0.717) is 0 Å². The van der Waals surface area contributed by atoms with Crippen molar-refractivity contribution in [3.63, 3.8) is 0 Å². The van der Waals surface area contributed by atoms with Gasteiger partial charge in [-0.2, -0.15) is 0 Å². The van der Waals surface area contributed by atoms with E-state index in [4.69, 9.17) is 0 Å². The van der Waals surface area contributed by atoms with E-state index in [2.05, 4.69) is 26.2 Å². The van der Waals surface area contributed by atoms with Crippen molar-refractivity contribution in [3.8, 4) is 0 Å². The minimum atomic E-state index is 0.0413. The Balaban J connectivity index is 2.99. The molecule has 0 saturated heterocycles. The van der Waals surface area contributed by atoms with E-state index in [-0.39, 0.29) is 17.6 Å². The van der Waals surface area contributed by atoms with Gasteiger partial charge in [-0.25, -0.2) is 0 Å². The molecule has 0 aliphatic heterocycles. The molecule has 0 rings (SSSR count). The first-order chi connectivity index (χ1) is 12.6. The lowest BCUT2D eigenvalue weighted by molar-refractivity contribution is 0.526. The van der Waals surface area contributed by atoms with Crippen molar-refractivity contribution in [2.75, 3.05) is 0 Å². The van der Waals surface area contributed by atoms with Crippen LogP contribution in [0.15, 0.2) is 0 Å². The summed E-state index contributed by atoms with van der Waals surface area (Å²) in [5.74, 6) is 0. The molecule has 0 aromatic rings. The van der Waals surface area contributed by atoms with Gasteiger partial charge in [-0.1, -0.05) is 154 Å². The molecule has 0 aliphatic carbocycles. The number of hydrogen-bond acceptors (Lipinski definition) is 0. The fourth-order valence-electron chi connectivity index (χ4n) is 3.79. The Morgan fingerprint density at radius 2 is 0.423 bits per heavy atom. The first-order valence-corrected chi connectivity index (χ1v) is 17.6. The summed E-state index contributed by atoms with van der Waals surface area (Å²) >= 11 is 0. The Hall–Kier alpha value is 0.434. The highest BCUT2D eigenvalue weighted by molar-refractivity contribution is 6.55. The Bertz CT molecular complexity index is 225. The van der Waals surface area contributed by atoms with Gasteiger partial charge in [-0.3, -0.25) is 0 Å². The van der Waals surface area contributed by atoms with Crippen molar-refractivity contribution in [2.24, 2.45) is 0 Å². The predicted molar refractivity (Wildman–Crippen MR) is 128 cm³/mol. The van der Waals surface area contributed by atoms with Crippen LogP contribution in [0.5, 0.6) is 0 Å². The van der Waals surface area contributed by atoms with Gasteiger partial charge in [0.25, 0.3) is 0 Å². The van der Waals surface area contributed by atoms with E-state index in [1.807, 2.05) is 0 Å². The Morgan fingerprint density at radius 1 is 0.269 bits per heavy atom. The average molecular weight is 397 g/mol. The molecule has 0 amide bonds. The van der Waals surface area contributed by atoms with E-state index in [1.54, 1.807) is 0 Å². The molecule has 2 heteroatoms. The SMILES string of the molecule is C[Si](C)CCCCCCCCCCCCCCCCCCCC[Si](C)C. The van der Waals surface area contributed by atoms with Gasteiger partial charge in [0.15, 0.2) is 0 Å². The second-order valence-corrected chi connectivity index (χ2v) is 15.1. The largest absolute Gasteiger partial charge is 0.0713 e. The second-order valence-electron chi connectivity index (χ2n) is 9.28. The van der Waals surface area contributed by atoms with Gasteiger partial charge in [0, 0.05) is 17.6 Å². The van der Waals surface area contributed by atoms with Crippen molar-refractivity contribution in [2.45, 2.75) is 154 Å². The molecule has 0 atom stereocenters. The summed E-state index contributed by atoms with van der Waals surface area (Å²) in [5, 5.41) is 0. The summed E-state index contributed by atoms with van der Waals surface area (Å²) in [5.41, 5.74) is 0. The monoisotopic (exact) mass is 396 g/mol. The molecule has 0 unspecified atom stereocenters. The normalized spacial score (nSPS) is 11.8. The summed E-state index contributed by atoms with van der Waals surface area (Å²) < 4.78 is 0. The second kappa shape index (κ2) is 21.7. The predicted octanol–water partition coefficient (Wildman–Crippen LogP) is 9.52. The highest BCUT2D eigenvalue weighted by atomic mass is 28.3. The topological polar surface area (TPSA) is 0 Å².